The third kappa shape index (κ3) is 42.5. The van der Waals surface area contributed by atoms with Crippen LogP contribution in [0.25, 0.3) is 0 Å². The maximum absolute atomic E-state index is 12.5. The lowest BCUT2D eigenvalue weighted by Crippen LogP contribution is -2.45. The summed E-state index contributed by atoms with van der Waals surface area (Å²) >= 11 is 0. The molecule has 0 bridgehead atoms. The zero-order chi connectivity index (χ0) is 40.1. The van der Waals surface area contributed by atoms with Gasteiger partial charge in [0.1, 0.15) is 0 Å². The van der Waals surface area contributed by atoms with E-state index in [1.165, 1.54) is 225 Å². The van der Waals surface area contributed by atoms with E-state index in [4.69, 9.17) is 0 Å². The Morgan fingerprint density at radius 1 is 0.455 bits per heavy atom. The molecule has 55 heavy (non-hydrogen) atoms. The second-order valence-corrected chi connectivity index (χ2v) is 17.4. The number of amides is 1. The summed E-state index contributed by atoms with van der Waals surface area (Å²) in [6.45, 7) is 4.23. The molecule has 0 saturated carbocycles. The molecular formula is C50H99NO4. The van der Waals surface area contributed by atoms with Gasteiger partial charge in [0.05, 0.1) is 31.3 Å². The Balaban J connectivity index is 3.51. The van der Waals surface area contributed by atoms with Gasteiger partial charge in [0.2, 0.25) is 5.91 Å². The third-order valence-corrected chi connectivity index (χ3v) is 11.8. The molecular weight excluding hydrogens is 679 g/mol. The van der Waals surface area contributed by atoms with E-state index in [-0.39, 0.29) is 18.9 Å². The van der Waals surface area contributed by atoms with Gasteiger partial charge in [-0.1, -0.05) is 264 Å². The summed E-state index contributed by atoms with van der Waals surface area (Å²) in [7, 11) is 0. The lowest BCUT2D eigenvalue weighted by Gasteiger charge is -2.21. The highest BCUT2D eigenvalue weighted by atomic mass is 16.3. The van der Waals surface area contributed by atoms with Crippen LogP contribution in [-0.2, 0) is 4.79 Å². The molecule has 0 radical (unpaired) electrons. The maximum atomic E-state index is 12.5. The van der Waals surface area contributed by atoms with E-state index >= 15 is 0 Å². The Kier molecular flexibility index (Phi) is 45.0. The highest BCUT2D eigenvalue weighted by molar-refractivity contribution is 5.76. The number of allylic oxidation sites excluding steroid dienone is 1. The van der Waals surface area contributed by atoms with Crippen LogP contribution in [0.1, 0.15) is 277 Å². The van der Waals surface area contributed by atoms with Crippen LogP contribution in [0.3, 0.4) is 0 Å². The third-order valence-electron chi connectivity index (χ3n) is 11.8. The van der Waals surface area contributed by atoms with Gasteiger partial charge < -0.3 is 20.6 Å². The van der Waals surface area contributed by atoms with Crippen molar-refractivity contribution in [1.29, 1.82) is 0 Å². The SMILES string of the molecule is CCCCCCCCCCCCC/C=C/C(O)C(CO)NC(=O)CC(O)CCCCCCCCCCCCCCCCCCCCCCCCCCCCC. The summed E-state index contributed by atoms with van der Waals surface area (Å²) in [6, 6.07) is -0.739. The molecule has 0 aromatic heterocycles. The van der Waals surface area contributed by atoms with E-state index in [1.807, 2.05) is 6.08 Å². The van der Waals surface area contributed by atoms with Crippen LogP contribution in [0.15, 0.2) is 12.2 Å². The molecule has 1 amide bonds. The van der Waals surface area contributed by atoms with Gasteiger partial charge in [0.25, 0.3) is 0 Å². The standard InChI is InChI=1S/C50H99NO4/c1-3-5-7-9-11-13-15-17-18-19-20-21-22-23-24-25-26-27-28-29-30-32-33-35-37-39-41-43-47(53)45-50(55)51-48(46-52)49(54)44-42-40-38-36-34-31-16-14-12-10-8-6-4-2/h42,44,47-49,52-54H,3-41,43,45-46H2,1-2H3,(H,51,55)/b44-42+. The smallest absolute Gasteiger partial charge is 0.222 e. The topological polar surface area (TPSA) is 89.8 Å². The van der Waals surface area contributed by atoms with Crippen molar-refractivity contribution in [2.24, 2.45) is 0 Å². The summed E-state index contributed by atoms with van der Waals surface area (Å²) in [5.74, 6) is -0.311. The fourth-order valence-electron chi connectivity index (χ4n) is 7.99. The lowest BCUT2D eigenvalue weighted by atomic mass is 10.0. The van der Waals surface area contributed by atoms with Gasteiger partial charge in [-0.25, -0.2) is 0 Å². The van der Waals surface area contributed by atoms with Gasteiger partial charge in [-0.3, -0.25) is 4.79 Å². The number of aliphatic hydroxyl groups excluding tert-OH is 3. The van der Waals surface area contributed by atoms with E-state index in [2.05, 4.69) is 19.2 Å². The lowest BCUT2D eigenvalue weighted by molar-refractivity contribution is -0.124. The average Bonchev–Trinajstić information content (AvgIpc) is 3.18. The average molecular weight is 778 g/mol. The van der Waals surface area contributed by atoms with Crippen molar-refractivity contribution in [3.05, 3.63) is 12.2 Å². The maximum Gasteiger partial charge on any atom is 0.222 e. The molecule has 0 heterocycles. The predicted octanol–water partition coefficient (Wildman–Crippen LogP) is 14.8. The molecule has 0 aliphatic carbocycles. The Hall–Kier alpha value is -0.910. The Morgan fingerprint density at radius 2 is 0.745 bits per heavy atom. The second-order valence-electron chi connectivity index (χ2n) is 17.4. The molecule has 5 nitrogen and oxygen atoms in total. The fourth-order valence-corrected chi connectivity index (χ4v) is 7.99. The normalized spacial score (nSPS) is 13.5. The van der Waals surface area contributed by atoms with Crippen LogP contribution in [0.5, 0.6) is 0 Å². The van der Waals surface area contributed by atoms with Crippen LogP contribution in [0, 0.1) is 0 Å². The minimum absolute atomic E-state index is 0.0190. The zero-order valence-electron chi connectivity index (χ0n) is 37.3. The summed E-state index contributed by atoms with van der Waals surface area (Å²) in [4.78, 5) is 12.5. The number of rotatable bonds is 46. The predicted molar refractivity (Wildman–Crippen MR) is 241 cm³/mol. The van der Waals surface area contributed by atoms with Gasteiger partial charge in [-0.05, 0) is 19.3 Å². The highest BCUT2D eigenvalue weighted by Crippen LogP contribution is 2.17. The number of unbranched alkanes of at least 4 members (excludes halogenated alkanes) is 37. The van der Waals surface area contributed by atoms with Crippen molar-refractivity contribution in [3.8, 4) is 0 Å². The first-order valence-electron chi connectivity index (χ1n) is 25.0. The first-order chi connectivity index (χ1) is 27.0. The monoisotopic (exact) mass is 778 g/mol. The number of carbonyl (C=O) groups is 1. The number of hydrogen-bond donors (Lipinski definition) is 4. The van der Waals surface area contributed by atoms with Crippen LogP contribution in [0.2, 0.25) is 0 Å². The largest absolute Gasteiger partial charge is 0.394 e. The Bertz CT molecular complexity index is 773. The van der Waals surface area contributed by atoms with E-state index in [1.54, 1.807) is 6.08 Å². The molecule has 0 fully saturated rings. The second kappa shape index (κ2) is 45.8. The first kappa shape index (κ1) is 54.1. The van der Waals surface area contributed by atoms with E-state index in [0.717, 1.165) is 25.7 Å². The zero-order valence-corrected chi connectivity index (χ0v) is 37.3. The number of hydrogen-bond acceptors (Lipinski definition) is 4. The molecule has 0 aliphatic heterocycles. The van der Waals surface area contributed by atoms with Crippen molar-refractivity contribution in [2.45, 2.75) is 295 Å². The summed E-state index contributed by atoms with van der Waals surface area (Å²) in [6.07, 6.45) is 55.3. The molecule has 3 atom stereocenters. The Morgan fingerprint density at radius 3 is 1.05 bits per heavy atom. The number of carbonyl (C=O) groups excluding carboxylic acids is 1. The minimum atomic E-state index is -0.924. The van der Waals surface area contributed by atoms with Crippen LogP contribution in [-0.4, -0.2) is 46.1 Å². The van der Waals surface area contributed by atoms with E-state index in [0.29, 0.717) is 6.42 Å². The van der Waals surface area contributed by atoms with Gasteiger partial charge in [0.15, 0.2) is 0 Å². The Labute approximate surface area is 344 Å². The molecule has 3 unspecified atom stereocenters. The summed E-state index contributed by atoms with van der Waals surface area (Å²) < 4.78 is 0. The highest BCUT2D eigenvalue weighted by Gasteiger charge is 2.20. The fraction of sp³-hybridized carbons (Fsp3) is 0.940. The van der Waals surface area contributed by atoms with Gasteiger partial charge >= 0.3 is 0 Å². The molecule has 0 rings (SSSR count). The van der Waals surface area contributed by atoms with E-state index < -0.39 is 18.2 Å². The molecule has 0 spiro atoms. The van der Waals surface area contributed by atoms with Crippen LogP contribution in [0.4, 0.5) is 0 Å². The molecule has 4 N–H and O–H groups in total. The molecule has 328 valence electrons. The molecule has 0 aliphatic rings. The quantitative estimate of drug-likeness (QED) is 0.0366. The minimum Gasteiger partial charge on any atom is -0.394 e. The first-order valence-corrected chi connectivity index (χ1v) is 25.0. The number of nitrogens with one attached hydrogen (secondary N) is 1. The molecule has 0 saturated heterocycles. The van der Waals surface area contributed by atoms with Crippen LogP contribution >= 0.6 is 0 Å². The molecule has 0 aromatic carbocycles. The van der Waals surface area contributed by atoms with Crippen molar-refractivity contribution in [3.63, 3.8) is 0 Å². The van der Waals surface area contributed by atoms with Crippen LogP contribution < -0.4 is 5.32 Å². The van der Waals surface area contributed by atoms with Crippen molar-refractivity contribution < 1.29 is 20.1 Å². The molecule has 5 heteroatoms. The van der Waals surface area contributed by atoms with Crippen molar-refractivity contribution in [2.75, 3.05) is 6.61 Å². The summed E-state index contributed by atoms with van der Waals surface area (Å²) in [5.41, 5.74) is 0. The van der Waals surface area contributed by atoms with Gasteiger partial charge in [0, 0.05) is 0 Å². The van der Waals surface area contributed by atoms with Crippen molar-refractivity contribution in [1.82, 2.24) is 5.32 Å². The van der Waals surface area contributed by atoms with E-state index in [9.17, 15) is 20.1 Å². The van der Waals surface area contributed by atoms with Gasteiger partial charge in [-0.2, -0.15) is 0 Å². The van der Waals surface area contributed by atoms with Crippen molar-refractivity contribution >= 4 is 5.91 Å². The molecule has 0 aromatic rings. The summed E-state index contributed by atoms with van der Waals surface area (Å²) in [5, 5.41) is 33.3. The van der Waals surface area contributed by atoms with Gasteiger partial charge in [-0.15, -0.1) is 0 Å². The number of aliphatic hydroxyl groups is 3.